The zero-order valence-corrected chi connectivity index (χ0v) is 17.4. The maximum atomic E-state index is 12.8. The van der Waals surface area contributed by atoms with E-state index in [9.17, 15) is 16.8 Å². The summed E-state index contributed by atoms with van der Waals surface area (Å²) in [7, 11) is -7.37. The third kappa shape index (κ3) is 4.64. The van der Waals surface area contributed by atoms with E-state index in [2.05, 4.69) is 0 Å². The quantitative estimate of drug-likeness (QED) is 0.704. The first-order chi connectivity index (χ1) is 12.7. The lowest BCUT2D eigenvalue weighted by molar-refractivity contribution is 0.272. The molecule has 0 unspecified atom stereocenters. The van der Waals surface area contributed by atoms with Crippen molar-refractivity contribution in [3.8, 4) is 0 Å². The summed E-state index contributed by atoms with van der Waals surface area (Å²) >= 11 is 11.9. The summed E-state index contributed by atoms with van der Waals surface area (Å²) in [5.41, 5.74) is 0.693. The van der Waals surface area contributed by atoms with Gasteiger partial charge in [-0.2, -0.15) is 8.61 Å². The van der Waals surface area contributed by atoms with E-state index in [-0.39, 0.29) is 46.9 Å². The average Bonchev–Trinajstić information content (AvgIpc) is 2.64. The van der Waals surface area contributed by atoms with Crippen molar-refractivity contribution in [3.63, 3.8) is 0 Å². The number of rotatable bonds is 5. The normalized spacial score (nSPS) is 17.1. The van der Waals surface area contributed by atoms with Gasteiger partial charge in [-0.1, -0.05) is 53.5 Å². The molecule has 1 fully saturated rings. The molecular formula is C17H18Cl2N2O4S2. The first-order valence-corrected chi connectivity index (χ1v) is 12.0. The third-order valence-corrected chi connectivity index (χ3v) is 8.76. The van der Waals surface area contributed by atoms with Gasteiger partial charge in [0.25, 0.3) is 0 Å². The standard InChI is InChI=1S/C17H18Cl2N2O4S2/c18-15-6-7-16(19)17(12-15)27(24,25)21-10-8-20(9-11-21)26(22,23)13-14-4-2-1-3-5-14/h1-7,12H,8-11,13H2. The predicted molar refractivity (Wildman–Crippen MR) is 106 cm³/mol. The second-order valence-corrected chi connectivity index (χ2v) is 10.8. The van der Waals surface area contributed by atoms with Crippen LogP contribution in [0.4, 0.5) is 0 Å². The Kier molecular flexibility index (Phi) is 6.14. The highest BCUT2D eigenvalue weighted by atomic mass is 35.5. The Hall–Kier alpha value is -1.16. The molecular weight excluding hydrogens is 431 g/mol. The SMILES string of the molecule is O=S(=O)(Cc1ccccc1)N1CCN(S(=O)(=O)c2cc(Cl)ccc2Cl)CC1. The highest BCUT2D eigenvalue weighted by molar-refractivity contribution is 7.89. The van der Waals surface area contributed by atoms with Crippen molar-refractivity contribution in [1.29, 1.82) is 0 Å². The maximum absolute atomic E-state index is 12.8. The van der Waals surface area contributed by atoms with Crippen LogP contribution in [0.1, 0.15) is 5.56 Å². The fourth-order valence-corrected chi connectivity index (χ4v) is 6.55. The fraction of sp³-hybridized carbons (Fsp3) is 0.294. The molecule has 0 N–H and O–H groups in total. The van der Waals surface area contributed by atoms with E-state index in [1.807, 2.05) is 6.07 Å². The van der Waals surface area contributed by atoms with Gasteiger partial charge in [-0.15, -0.1) is 0 Å². The topological polar surface area (TPSA) is 74.8 Å². The van der Waals surface area contributed by atoms with Crippen LogP contribution in [0.3, 0.4) is 0 Å². The third-order valence-electron chi connectivity index (χ3n) is 4.29. The number of hydrogen-bond donors (Lipinski definition) is 0. The van der Waals surface area contributed by atoms with Crippen molar-refractivity contribution in [2.75, 3.05) is 26.2 Å². The Labute approximate surface area is 169 Å². The summed E-state index contributed by atoms with van der Waals surface area (Å²) in [6, 6.07) is 13.1. The van der Waals surface area contributed by atoms with E-state index in [1.165, 1.54) is 26.8 Å². The van der Waals surface area contributed by atoms with Gasteiger partial charge in [-0.25, -0.2) is 16.8 Å². The molecule has 0 spiro atoms. The van der Waals surface area contributed by atoms with E-state index in [0.29, 0.717) is 5.56 Å². The second kappa shape index (κ2) is 8.06. The van der Waals surface area contributed by atoms with Crippen LogP contribution in [0.2, 0.25) is 10.0 Å². The Bertz CT molecular complexity index is 1020. The van der Waals surface area contributed by atoms with Crippen molar-refractivity contribution < 1.29 is 16.8 Å². The molecule has 27 heavy (non-hydrogen) atoms. The number of benzene rings is 2. The monoisotopic (exact) mass is 448 g/mol. The van der Waals surface area contributed by atoms with Crippen molar-refractivity contribution in [1.82, 2.24) is 8.61 Å². The summed E-state index contributed by atoms with van der Waals surface area (Å²) in [5.74, 6) is -0.110. The first kappa shape index (κ1) is 20.6. The molecule has 1 heterocycles. The van der Waals surface area contributed by atoms with Gasteiger partial charge in [0, 0.05) is 31.2 Å². The molecule has 0 radical (unpaired) electrons. The van der Waals surface area contributed by atoms with Gasteiger partial charge in [0.1, 0.15) is 4.90 Å². The molecule has 1 aliphatic heterocycles. The van der Waals surface area contributed by atoms with Gasteiger partial charge in [0.05, 0.1) is 10.8 Å². The molecule has 6 nitrogen and oxygen atoms in total. The number of sulfonamides is 2. The second-order valence-electron chi connectivity index (χ2n) is 6.12. The summed E-state index contributed by atoms with van der Waals surface area (Å²) in [6.45, 7) is 0.289. The number of hydrogen-bond acceptors (Lipinski definition) is 4. The Balaban J connectivity index is 1.72. The molecule has 0 aliphatic carbocycles. The van der Waals surface area contributed by atoms with E-state index in [1.54, 1.807) is 24.3 Å². The van der Waals surface area contributed by atoms with Crippen molar-refractivity contribution in [3.05, 3.63) is 64.1 Å². The number of halogens is 2. The summed E-state index contributed by atoms with van der Waals surface area (Å²) in [5, 5.41) is 0.348. The Morgan fingerprint density at radius 2 is 1.41 bits per heavy atom. The minimum atomic E-state index is -3.85. The van der Waals surface area contributed by atoms with E-state index < -0.39 is 20.0 Å². The van der Waals surface area contributed by atoms with Crippen LogP contribution in [0.25, 0.3) is 0 Å². The van der Waals surface area contributed by atoms with Gasteiger partial charge >= 0.3 is 0 Å². The Morgan fingerprint density at radius 3 is 2.04 bits per heavy atom. The van der Waals surface area contributed by atoms with Crippen LogP contribution in [0.5, 0.6) is 0 Å². The molecule has 1 aliphatic rings. The molecule has 2 aromatic carbocycles. The molecule has 2 aromatic rings. The summed E-state index contributed by atoms with van der Waals surface area (Å²) in [6.07, 6.45) is 0. The molecule has 0 saturated carbocycles. The van der Waals surface area contributed by atoms with Crippen LogP contribution in [-0.2, 0) is 25.8 Å². The van der Waals surface area contributed by atoms with Crippen molar-refractivity contribution in [2.45, 2.75) is 10.6 Å². The van der Waals surface area contributed by atoms with Crippen LogP contribution in [0, 0.1) is 0 Å². The average molecular weight is 449 g/mol. The molecule has 0 aromatic heterocycles. The van der Waals surface area contributed by atoms with Gasteiger partial charge in [0.2, 0.25) is 20.0 Å². The van der Waals surface area contributed by atoms with Crippen LogP contribution in [0.15, 0.2) is 53.4 Å². The lowest BCUT2D eigenvalue weighted by atomic mass is 10.2. The summed E-state index contributed by atoms with van der Waals surface area (Å²) < 4.78 is 53.4. The first-order valence-electron chi connectivity index (χ1n) is 8.17. The predicted octanol–water partition coefficient (Wildman–Crippen LogP) is 2.83. The van der Waals surface area contributed by atoms with E-state index in [4.69, 9.17) is 23.2 Å². The highest BCUT2D eigenvalue weighted by Gasteiger charge is 2.34. The molecule has 0 atom stereocenters. The molecule has 10 heteroatoms. The van der Waals surface area contributed by atoms with Crippen molar-refractivity contribution in [2.24, 2.45) is 0 Å². The maximum Gasteiger partial charge on any atom is 0.244 e. The number of piperazine rings is 1. The van der Waals surface area contributed by atoms with Gasteiger partial charge < -0.3 is 0 Å². The van der Waals surface area contributed by atoms with Gasteiger partial charge in [0.15, 0.2) is 0 Å². The van der Waals surface area contributed by atoms with Crippen LogP contribution in [-0.4, -0.2) is 51.6 Å². The smallest absolute Gasteiger partial charge is 0.212 e. The largest absolute Gasteiger partial charge is 0.244 e. The molecule has 0 bridgehead atoms. The van der Waals surface area contributed by atoms with E-state index in [0.717, 1.165) is 0 Å². The zero-order chi connectivity index (χ0) is 19.7. The lowest BCUT2D eigenvalue weighted by Crippen LogP contribution is -2.50. The van der Waals surface area contributed by atoms with Gasteiger partial charge in [-0.3, -0.25) is 0 Å². The highest BCUT2D eigenvalue weighted by Crippen LogP contribution is 2.28. The van der Waals surface area contributed by atoms with Crippen LogP contribution >= 0.6 is 23.2 Å². The molecule has 146 valence electrons. The minimum Gasteiger partial charge on any atom is -0.212 e. The van der Waals surface area contributed by atoms with Gasteiger partial charge in [-0.05, 0) is 23.8 Å². The zero-order valence-electron chi connectivity index (χ0n) is 14.3. The van der Waals surface area contributed by atoms with Crippen LogP contribution < -0.4 is 0 Å². The summed E-state index contributed by atoms with van der Waals surface area (Å²) in [4.78, 5) is -0.0720. The lowest BCUT2D eigenvalue weighted by Gasteiger charge is -2.33. The van der Waals surface area contributed by atoms with E-state index >= 15 is 0 Å². The molecule has 0 amide bonds. The fourth-order valence-electron chi connectivity index (χ4n) is 2.88. The molecule has 3 rings (SSSR count). The minimum absolute atomic E-state index is 0.0548. The number of nitrogens with zero attached hydrogens (tertiary/aromatic N) is 2. The molecule has 1 saturated heterocycles. The van der Waals surface area contributed by atoms with Crippen molar-refractivity contribution >= 4 is 43.2 Å². The Morgan fingerprint density at radius 1 is 0.815 bits per heavy atom.